The molecule has 2 aliphatic rings. The Hall–Kier alpha value is -0.220. The molecule has 0 bridgehead atoms. The molecule has 0 amide bonds. The highest BCUT2D eigenvalue weighted by Gasteiger charge is 2.46. The van der Waals surface area contributed by atoms with E-state index < -0.39 is 5.97 Å². The van der Waals surface area contributed by atoms with Crippen molar-refractivity contribution in [3.05, 3.63) is 0 Å². The van der Waals surface area contributed by atoms with Crippen LogP contribution in [0, 0.1) is 5.92 Å². The first-order valence-electron chi connectivity index (χ1n) is 5.82. The van der Waals surface area contributed by atoms with Crippen LogP contribution in [0.5, 0.6) is 0 Å². The van der Waals surface area contributed by atoms with E-state index in [-0.39, 0.29) is 10.9 Å². The molecule has 2 rings (SSSR count). The van der Waals surface area contributed by atoms with Gasteiger partial charge in [0, 0.05) is 0 Å². The van der Waals surface area contributed by atoms with Gasteiger partial charge in [-0.25, -0.2) is 0 Å². The predicted molar refractivity (Wildman–Crippen MR) is 62.0 cm³/mol. The normalized spacial score (nSPS) is 40.9. The minimum absolute atomic E-state index is 0.0794. The van der Waals surface area contributed by atoms with E-state index in [9.17, 15) is 4.79 Å². The fourth-order valence-corrected chi connectivity index (χ4v) is 4.67. The second-order valence-corrected chi connectivity index (χ2v) is 5.98. The quantitative estimate of drug-likeness (QED) is 0.761. The fraction of sp³-hybridized carbons (Fsp3) is 0.909. The SMILES string of the molecule is CCC1CCCC12NC(C(=O)O)CCS2. The van der Waals surface area contributed by atoms with Gasteiger partial charge in [0.1, 0.15) is 6.04 Å². The Balaban J connectivity index is 2.10. The molecule has 4 heteroatoms. The third-order valence-corrected chi connectivity index (χ3v) is 5.35. The van der Waals surface area contributed by atoms with Gasteiger partial charge in [-0.15, -0.1) is 11.8 Å². The van der Waals surface area contributed by atoms with Crippen LogP contribution in [0.25, 0.3) is 0 Å². The summed E-state index contributed by atoms with van der Waals surface area (Å²) in [6, 6.07) is -0.321. The number of carbonyl (C=O) groups is 1. The van der Waals surface area contributed by atoms with Crippen molar-refractivity contribution in [2.45, 2.75) is 49.9 Å². The zero-order valence-electron chi connectivity index (χ0n) is 9.16. The lowest BCUT2D eigenvalue weighted by Crippen LogP contribution is -2.56. The molecule has 0 aromatic rings. The topological polar surface area (TPSA) is 49.3 Å². The first-order chi connectivity index (χ1) is 7.18. The van der Waals surface area contributed by atoms with Crippen molar-refractivity contribution in [1.82, 2.24) is 5.32 Å². The van der Waals surface area contributed by atoms with Crippen molar-refractivity contribution < 1.29 is 9.90 Å². The van der Waals surface area contributed by atoms with Gasteiger partial charge in [-0.05, 0) is 30.9 Å². The molecule has 0 aromatic heterocycles. The van der Waals surface area contributed by atoms with Gasteiger partial charge < -0.3 is 5.11 Å². The molecule has 0 radical (unpaired) electrons. The summed E-state index contributed by atoms with van der Waals surface area (Å²) in [6.45, 7) is 2.21. The molecule has 3 unspecified atom stereocenters. The van der Waals surface area contributed by atoms with Gasteiger partial charge in [0.15, 0.2) is 0 Å². The van der Waals surface area contributed by atoms with E-state index >= 15 is 0 Å². The Bertz CT molecular complexity index is 259. The summed E-state index contributed by atoms with van der Waals surface area (Å²) in [5.41, 5.74) is 0. The highest BCUT2D eigenvalue weighted by atomic mass is 32.2. The Morgan fingerprint density at radius 1 is 1.60 bits per heavy atom. The van der Waals surface area contributed by atoms with Gasteiger partial charge in [-0.2, -0.15) is 0 Å². The van der Waals surface area contributed by atoms with E-state index in [0.717, 1.165) is 25.0 Å². The van der Waals surface area contributed by atoms with Gasteiger partial charge in [-0.3, -0.25) is 10.1 Å². The zero-order chi connectivity index (χ0) is 10.9. The number of aliphatic carboxylic acids is 1. The zero-order valence-corrected chi connectivity index (χ0v) is 9.98. The van der Waals surface area contributed by atoms with Gasteiger partial charge in [-0.1, -0.05) is 19.8 Å². The Labute approximate surface area is 95.0 Å². The third kappa shape index (κ3) is 2.02. The van der Waals surface area contributed by atoms with E-state index in [0.29, 0.717) is 5.92 Å². The molecule has 1 heterocycles. The fourth-order valence-electron chi connectivity index (χ4n) is 2.92. The van der Waals surface area contributed by atoms with Crippen molar-refractivity contribution in [2.24, 2.45) is 5.92 Å². The molecule has 86 valence electrons. The average Bonchev–Trinajstić information content (AvgIpc) is 2.60. The second-order valence-electron chi connectivity index (χ2n) is 4.56. The highest BCUT2D eigenvalue weighted by Crippen LogP contribution is 2.47. The van der Waals surface area contributed by atoms with Crippen LogP contribution in [0.15, 0.2) is 0 Å². The van der Waals surface area contributed by atoms with E-state index in [4.69, 9.17) is 5.11 Å². The molecular weight excluding hydrogens is 210 g/mol. The summed E-state index contributed by atoms with van der Waals surface area (Å²) in [5, 5.41) is 12.5. The van der Waals surface area contributed by atoms with Crippen LogP contribution in [0.1, 0.15) is 39.0 Å². The lowest BCUT2D eigenvalue weighted by Gasteiger charge is -2.41. The largest absolute Gasteiger partial charge is 0.480 e. The Morgan fingerprint density at radius 3 is 3.07 bits per heavy atom. The number of rotatable bonds is 2. The molecule has 1 spiro atoms. The molecule has 3 nitrogen and oxygen atoms in total. The number of nitrogens with one attached hydrogen (secondary N) is 1. The second kappa shape index (κ2) is 4.34. The minimum atomic E-state index is -0.684. The lowest BCUT2D eigenvalue weighted by molar-refractivity contribution is -0.140. The highest BCUT2D eigenvalue weighted by molar-refractivity contribution is 8.00. The molecule has 2 fully saturated rings. The molecule has 1 aliphatic carbocycles. The minimum Gasteiger partial charge on any atom is -0.480 e. The predicted octanol–water partition coefficient (Wildman–Crippen LogP) is 2.07. The standard InChI is InChI=1S/C11H19NO2S/c1-2-8-4-3-6-11(8)12-9(10(13)14)5-7-15-11/h8-9,12H,2-7H2,1H3,(H,13,14). The van der Waals surface area contributed by atoms with Crippen LogP contribution < -0.4 is 5.32 Å². The summed E-state index contributed by atoms with van der Waals surface area (Å²) in [6.07, 6.45) is 5.55. The molecule has 3 atom stereocenters. The van der Waals surface area contributed by atoms with Crippen LogP contribution >= 0.6 is 11.8 Å². The molecular formula is C11H19NO2S. The van der Waals surface area contributed by atoms with Gasteiger partial charge in [0.05, 0.1) is 4.87 Å². The first-order valence-corrected chi connectivity index (χ1v) is 6.81. The Morgan fingerprint density at radius 2 is 2.40 bits per heavy atom. The maximum absolute atomic E-state index is 11.0. The van der Waals surface area contributed by atoms with Gasteiger partial charge in [0.25, 0.3) is 0 Å². The number of carboxylic acids is 1. The van der Waals surface area contributed by atoms with Crippen molar-refractivity contribution in [1.29, 1.82) is 0 Å². The summed E-state index contributed by atoms with van der Waals surface area (Å²) in [5.74, 6) is 0.960. The molecule has 1 saturated carbocycles. The van der Waals surface area contributed by atoms with Crippen molar-refractivity contribution >= 4 is 17.7 Å². The van der Waals surface area contributed by atoms with Crippen molar-refractivity contribution in [3.63, 3.8) is 0 Å². The summed E-state index contributed by atoms with van der Waals surface area (Å²) in [4.78, 5) is 11.1. The molecule has 1 saturated heterocycles. The number of hydrogen-bond acceptors (Lipinski definition) is 3. The molecule has 1 aliphatic heterocycles. The molecule has 15 heavy (non-hydrogen) atoms. The smallest absolute Gasteiger partial charge is 0.320 e. The van der Waals surface area contributed by atoms with E-state index in [2.05, 4.69) is 12.2 Å². The maximum atomic E-state index is 11.0. The van der Waals surface area contributed by atoms with Crippen LogP contribution in [-0.4, -0.2) is 27.7 Å². The average molecular weight is 229 g/mol. The van der Waals surface area contributed by atoms with Gasteiger partial charge in [0.2, 0.25) is 0 Å². The lowest BCUT2D eigenvalue weighted by atomic mass is 9.98. The summed E-state index contributed by atoms with van der Waals surface area (Å²) >= 11 is 1.95. The van der Waals surface area contributed by atoms with Crippen molar-refractivity contribution in [2.75, 3.05) is 5.75 Å². The third-order valence-electron chi connectivity index (χ3n) is 3.74. The Kier molecular flexibility index (Phi) is 3.26. The summed E-state index contributed by atoms with van der Waals surface area (Å²) < 4.78 is 0. The van der Waals surface area contributed by atoms with Crippen LogP contribution in [0.4, 0.5) is 0 Å². The van der Waals surface area contributed by atoms with Crippen molar-refractivity contribution in [3.8, 4) is 0 Å². The van der Waals surface area contributed by atoms with Crippen LogP contribution in [0.2, 0.25) is 0 Å². The summed E-state index contributed by atoms with van der Waals surface area (Å²) in [7, 11) is 0. The monoisotopic (exact) mass is 229 g/mol. The number of hydrogen-bond donors (Lipinski definition) is 2. The molecule has 0 aromatic carbocycles. The number of carboxylic acid groups (broad SMARTS) is 1. The first kappa shape index (κ1) is 11.3. The van der Waals surface area contributed by atoms with E-state index in [1.807, 2.05) is 11.8 Å². The van der Waals surface area contributed by atoms with E-state index in [1.54, 1.807) is 0 Å². The van der Waals surface area contributed by atoms with Gasteiger partial charge >= 0.3 is 5.97 Å². The van der Waals surface area contributed by atoms with Crippen LogP contribution in [-0.2, 0) is 4.79 Å². The maximum Gasteiger partial charge on any atom is 0.320 e. The molecule has 2 N–H and O–H groups in total. The van der Waals surface area contributed by atoms with Crippen LogP contribution in [0.3, 0.4) is 0 Å². The van der Waals surface area contributed by atoms with E-state index in [1.165, 1.54) is 12.8 Å². The number of thioether (sulfide) groups is 1.